The van der Waals surface area contributed by atoms with Gasteiger partial charge in [-0.1, -0.05) is 0 Å². The van der Waals surface area contributed by atoms with Crippen molar-refractivity contribution in [2.45, 2.75) is 18.6 Å². The van der Waals surface area contributed by atoms with Gasteiger partial charge in [-0.25, -0.2) is 9.36 Å². The first-order valence-corrected chi connectivity index (χ1v) is 6.50. The molecule has 0 aliphatic carbocycles. The molecular weight excluding hydrogens is 296 g/mol. The van der Waals surface area contributed by atoms with Crippen molar-refractivity contribution in [2.75, 3.05) is 13.2 Å². The third-order valence-corrected chi connectivity index (χ3v) is 3.01. The number of aromatic nitrogens is 2. The predicted octanol–water partition coefficient (Wildman–Crippen LogP) is -3.12. The summed E-state index contributed by atoms with van der Waals surface area (Å²) in [6, 6.07) is 1.08. The lowest BCUT2D eigenvalue weighted by atomic mass is 10.2. The van der Waals surface area contributed by atoms with Crippen molar-refractivity contribution >= 4 is 11.8 Å². The molecule has 10 nitrogen and oxygen atoms in total. The Morgan fingerprint density at radius 3 is 2.82 bits per heavy atom. The summed E-state index contributed by atoms with van der Waals surface area (Å²) in [4.78, 5) is 36.6. The first-order chi connectivity index (χ1) is 10.5. The standard InChI is InChI=1S/C12H16N4O6/c13-3-1-7(18)14-9-10(20)6(5-17)22-11(9)16-4-2-8(19)15-12(16)21/h2,4,6,10,17,20H,1,3,5,13H2,(H,14,18)(H,15,19,21)/t6-,10?/m1/s1. The highest BCUT2D eigenvalue weighted by atomic mass is 16.5. The Hall–Kier alpha value is -2.43. The van der Waals surface area contributed by atoms with Gasteiger partial charge in [-0.05, 0) is 0 Å². The molecule has 1 aromatic rings. The number of H-pyrrole nitrogens is 1. The van der Waals surface area contributed by atoms with Crippen molar-refractivity contribution in [1.82, 2.24) is 14.9 Å². The molecule has 0 aromatic carbocycles. The Labute approximate surface area is 123 Å². The van der Waals surface area contributed by atoms with E-state index in [0.717, 1.165) is 16.8 Å². The van der Waals surface area contributed by atoms with Gasteiger partial charge in [-0.2, -0.15) is 0 Å². The van der Waals surface area contributed by atoms with E-state index in [1.807, 2.05) is 4.98 Å². The second kappa shape index (κ2) is 6.56. The smallest absolute Gasteiger partial charge is 0.335 e. The predicted molar refractivity (Wildman–Crippen MR) is 74.3 cm³/mol. The number of nitrogens with one attached hydrogen (secondary N) is 2. The van der Waals surface area contributed by atoms with E-state index < -0.39 is 36.0 Å². The number of carbonyl (C=O) groups is 1. The molecule has 0 spiro atoms. The second-order valence-electron chi connectivity index (χ2n) is 4.57. The minimum absolute atomic E-state index is 0.00775. The fraction of sp³-hybridized carbons (Fsp3) is 0.417. The lowest BCUT2D eigenvalue weighted by Gasteiger charge is -2.13. The molecule has 0 saturated heterocycles. The van der Waals surface area contributed by atoms with Gasteiger partial charge in [-0.3, -0.25) is 14.6 Å². The summed E-state index contributed by atoms with van der Waals surface area (Å²) in [7, 11) is 0. The molecule has 0 radical (unpaired) electrons. The number of aliphatic hydroxyl groups excluding tert-OH is 2. The SMILES string of the molecule is NCCC(=O)NC1=C(n2ccc(=O)[nH]c2=O)O[C@H](CO)C1O. The van der Waals surface area contributed by atoms with E-state index in [1.54, 1.807) is 0 Å². The van der Waals surface area contributed by atoms with Crippen molar-refractivity contribution in [3.05, 3.63) is 38.8 Å². The number of hydrogen-bond donors (Lipinski definition) is 5. The minimum atomic E-state index is -1.33. The molecule has 0 bridgehead atoms. The summed E-state index contributed by atoms with van der Waals surface area (Å²) in [6.07, 6.45) is -1.23. The molecule has 120 valence electrons. The zero-order chi connectivity index (χ0) is 16.3. The van der Waals surface area contributed by atoms with Gasteiger partial charge in [0.25, 0.3) is 5.56 Å². The maximum absolute atomic E-state index is 11.8. The number of carbonyl (C=O) groups excluding carboxylic acids is 1. The molecule has 2 heterocycles. The normalized spacial score (nSPS) is 20.9. The second-order valence-corrected chi connectivity index (χ2v) is 4.57. The average Bonchev–Trinajstić information content (AvgIpc) is 2.76. The van der Waals surface area contributed by atoms with Gasteiger partial charge in [0.05, 0.1) is 6.61 Å². The van der Waals surface area contributed by atoms with Crippen LogP contribution < -0.4 is 22.3 Å². The summed E-state index contributed by atoms with van der Waals surface area (Å²) in [6.45, 7) is -0.424. The van der Waals surface area contributed by atoms with E-state index in [9.17, 15) is 24.6 Å². The van der Waals surface area contributed by atoms with Crippen LogP contribution in [0.3, 0.4) is 0 Å². The number of aromatic amines is 1. The number of nitrogens with two attached hydrogens (primary N) is 1. The fourth-order valence-electron chi connectivity index (χ4n) is 1.96. The van der Waals surface area contributed by atoms with Crippen LogP contribution >= 0.6 is 0 Å². The molecule has 10 heteroatoms. The Kier molecular flexibility index (Phi) is 4.75. The molecule has 2 atom stereocenters. The fourth-order valence-corrected chi connectivity index (χ4v) is 1.96. The number of nitrogens with zero attached hydrogens (tertiary/aromatic N) is 1. The van der Waals surface area contributed by atoms with E-state index in [2.05, 4.69) is 5.32 Å². The first kappa shape index (κ1) is 15.9. The van der Waals surface area contributed by atoms with Gasteiger partial charge < -0.3 is 26.0 Å². The number of rotatable bonds is 5. The van der Waals surface area contributed by atoms with Crippen LogP contribution in [-0.4, -0.2) is 51.0 Å². The van der Waals surface area contributed by atoms with Crippen LogP contribution in [0.5, 0.6) is 0 Å². The van der Waals surface area contributed by atoms with Crippen LogP contribution in [0.4, 0.5) is 0 Å². The Bertz CT molecular complexity index is 706. The first-order valence-electron chi connectivity index (χ1n) is 6.50. The molecule has 0 saturated carbocycles. The molecule has 1 unspecified atom stereocenters. The number of amides is 1. The third-order valence-electron chi connectivity index (χ3n) is 3.01. The Morgan fingerprint density at radius 2 is 2.23 bits per heavy atom. The zero-order valence-corrected chi connectivity index (χ0v) is 11.5. The summed E-state index contributed by atoms with van der Waals surface area (Å²) in [5.41, 5.74) is 3.79. The van der Waals surface area contributed by atoms with E-state index in [-0.39, 0.29) is 24.5 Å². The van der Waals surface area contributed by atoms with Crippen molar-refractivity contribution in [3.8, 4) is 0 Å². The van der Waals surface area contributed by atoms with E-state index in [1.165, 1.54) is 0 Å². The molecular formula is C12H16N4O6. The maximum atomic E-state index is 11.8. The molecule has 2 rings (SSSR count). The van der Waals surface area contributed by atoms with Crippen molar-refractivity contribution < 1.29 is 19.7 Å². The van der Waals surface area contributed by atoms with Crippen LogP contribution in [0, 0.1) is 0 Å². The molecule has 0 fully saturated rings. The minimum Gasteiger partial charge on any atom is -0.468 e. The summed E-state index contributed by atoms with van der Waals surface area (Å²) >= 11 is 0. The largest absolute Gasteiger partial charge is 0.468 e. The van der Waals surface area contributed by atoms with Gasteiger partial charge >= 0.3 is 5.69 Å². The van der Waals surface area contributed by atoms with Gasteiger partial charge in [0.15, 0.2) is 6.10 Å². The van der Waals surface area contributed by atoms with Crippen molar-refractivity contribution in [1.29, 1.82) is 0 Å². The number of ether oxygens (including phenoxy) is 1. The highest BCUT2D eigenvalue weighted by molar-refractivity contribution is 5.79. The molecule has 1 aliphatic rings. The number of aliphatic hydroxyl groups is 2. The quantitative estimate of drug-likeness (QED) is 0.384. The Morgan fingerprint density at radius 1 is 1.50 bits per heavy atom. The van der Waals surface area contributed by atoms with Gasteiger partial charge in [0.2, 0.25) is 11.8 Å². The molecule has 1 amide bonds. The molecule has 1 aromatic heterocycles. The van der Waals surface area contributed by atoms with E-state index in [0.29, 0.717) is 0 Å². The van der Waals surface area contributed by atoms with E-state index in [4.69, 9.17) is 10.5 Å². The lowest BCUT2D eigenvalue weighted by Crippen LogP contribution is -2.35. The summed E-state index contributed by atoms with van der Waals surface area (Å²) in [5, 5.41) is 21.7. The highest BCUT2D eigenvalue weighted by Crippen LogP contribution is 2.26. The van der Waals surface area contributed by atoms with Crippen molar-refractivity contribution in [2.24, 2.45) is 5.73 Å². The molecule has 1 aliphatic heterocycles. The van der Waals surface area contributed by atoms with Crippen LogP contribution in [0.25, 0.3) is 5.88 Å². The van der Waals surface area contributed by atoms with Gasteiger partial charge in [-0.15, -0.1) is 0 Å². The molecule has 6 N–H and O–H groups in total. The monoisotopic (exact) mass is 312 g/mol. The highest BCUT2D eigenvalue weighted by Gasteiger charge is 2.37. The van der Waals surface area contributed by atoms with Crippen LogP contribution in [-0.2, 0) is 9.53 Å². The average molecular weight is 312 g/mol. The number of hydrogen-bond acceptors (Lipinski definition) is 7. The van der Waals surface area contributed by atoms with Crippen LogP contribution in [0.15, 0.2) is 27.5 Å². The van der Waals surface area contributed by atoms with Gasteiger partial charge in [0, 0.05) is 25.2 Å². The lowest BCUT2D eigenvalue weighted by molar-refractivity contribution is -0.120. The van der Waals surface area contributed by atoms with Crippen LogP contribution in [0.2, 0.25) is 0 Å². The van der Waals surface area contributed by atoms with Crippen LogP contribution in [0.1, 0.15) is 6.42 Å². The summed E-state index contributed by atoms with van der Waals surface area (Å²) < 4.78 is 6.21. The van der Waals surface area contributed by atoms with Gasteiger partial charge in [0.1, 0.15) is 11.8 Å². The Balaban J connectivity index is 2.45. The molecule has 22 heavy (non-hydrogen) atoms. The van der Waals surface area contributed by atoms with E-state index >= 15 is 0 Å². The third kappa shape index (κ3) is 3.08. The zero-order valence-electron chi connectivity index (χ0n) is 11.5. The maximum Gasteiger partial charge on any atom is 0.335 e. The van der Waals surface area contributed by atoms with Crippen molar-refractivity contribution in [3.63, 3.8) is 0 Å². The summed E-state index contributed by atoms with van der Waals surface area (Å²) in [5.74, 6) is -0.646. The topological polar surface area (TPSA) is 160 Å².